The number of aromatic nitrogens is 2. The number of carbonyl (C=O) groups excluding carboxylic acids is 1. The Labute approximate surface area is 158 Å². The van der Waals surface area contributed by atoms with Crippen LogP contribution in [-0.4, -0.2) is 29.1 Å². The van der Waals surface area contributed by atoms with Gasteiger partial charge in [0.25, 0.3) is 5.91 Å². The van der Waals surface area contributed by atoms with Crippen molar-refractivity contribution in [2.45, 2.75) is 20.8 Å². The number of nitrogens with zero attached hydrogens (tertiary/aromatic N) is 3. The van der Waals surface area contributed by atoms with Crippen LogP contribution in [0, 0.1) is 6.92 Å². The molecule has 0 fully saturated rings. The molecule has 3 aromatic rings. The van der Waals surface area contributed by atoms with Crippen LogP contribution in [-0.2, 0) is 0 Å². The zero-order chi connectivity index (χ0) is 19.2. The third-order valence-corrected chi connectivity index (χ3v) is 4.16. The van der Waals surface area contributed by atoms with Crippen molar-refractivity contribution >= 4 is 28.9 Å². The summed E-state index contributed by atoms with van der Waals surface area (Å²) in [5.74, 6) is 1.34. The van der Waals surface area contributed by atoms with Gasteiger partial charge in [0.1, 0.15) is 11.6 Å². The van der Waals surface area contributed by atoms with Crippen molar-refractivity contribution in [3.05, 3.63) is 60.0 Å². The van der Waals surface area contributed by atoms with Crippen LogP contribution in [0.1, 0.15) is 30.0 Å². The minimum Gasteiger partial charge on any atom is -0.372 e. The number of hydrogen-bond acceptors (Lipinski definition) is 6. The minimum absolute atomic E-state index is 0.273. The highest BCUT2D eigenvalue weighted by molar-refractivity contribution is 6.04. The van der Waals surface area contributed by atoms with Crippen LogP contribution in [0.25, 0.3) is 0 Å². The predicted octanol–water partition coefficient (Wildman–Crippen LogP) is 4.22. The second-order valence-electron chi connectivity index (χ2n) is 6.05. The standard InChI is InChI=1S/C20H23N5O2/c1-4-25(5-2)17-8-6-16(7-9-17)22-18-13-15(10-11-21-18)20(26)23-19-12-14(3)27-24-19/h6-13H,4-5H2,1-3H3,(H,21,22)(H,23,24,26). The van der Waals surface area contributed by atoms with E-state index in [1.807, 2.05) is 12.1 Å². The number of nitrogens with one attached hydrogen (secondary N) is 2. The zero-order valence-electron chi connectivity index (χ0n) is 15.7. The first-order valence-electron chi connectivity index (χ1n) is 8.91. The van der Waals surface area contributed by atoms with Gasteiger partial charge in [-0.05, 0) is 57.2 Å². The van der Waals surface area contributed by atoms with Gasteiger partial charge in [0.15, 0.2) is 5.82 Å². The maximum atomic E-state index is 12.4. The number of amides is 1. The smallest absolute Gasteiger partial charge is 0.257 e. The summed E-state index contributed by atoms with van der Waals surface area (Å²) >= 11 is 0. The number of benzene rings is 1. The first-order chi connectivity index (χ1) is 13.1. The average Bonchev–Trinajstić information content (AvgIpc) is 3.09. The number of aryl methyl sites for hydroxylation is 1. The van der Waals surface area contributed by atoms with E-state index < -0.39 is 0 Å². The van der Waals surface area contributed by atoms with Crippen molar-refractivity contribution in [2.75, 3.05) is 28.6 Å². The fourth-order valence-electron chi connectivity index (χ4n) is 2.75. The molecule has 2 N–H and O–H groups in total. The van der Waals surface area contributed by atoms with E-state index in [9.17, 15) is 4.79 Å². The molecule has 0 unspecified atom stereocenters. The van der Waals surface area contributed by atoms with E-state index in [-0.39, 0.29) is 5.91 Å². The van der Waals surface area contributed by atoms with E-state index in [1.165, 1.54) is 5.69 Å². The Kier molecular flexibility index (Phi) is 5.71. The Balaban J connectivity index is 1.69. The number of rotatable bonds is 7. The molecular formula is C20H23N5O2. The Hall–Kier alpha value is -3.35. The molecule has 0 atom stereocenters. The summed E-state index contributed by atoms with van der Waals surface area (Å²) < 4.78 is 4.95. The lowest BCUT2D eigenvalue weighted by molar-refractivity contribution is 0.102. The number of carbonyl (C=O) groups is 1. The fraction of sp³-hybridized carbons (Fsp3) is 0.250. The number of hydrogen-bond donors (Lipinski definition) is 2. The summed E-state index contributed by atoms with van der Waals surface area (Å²) in [5.41, 5.74) is 2.56. The highest BCUT2D eigenvalue weighted by Crippen LogP contribution is 2.21. The van der Waals surface area contributed by atoms with Crippen molar-refractivity contribution in [2.24, 2.45) is 0 Å². The van der Waals surface area contributed by atoms with Crippen molar-refractivity contribution in [1.29, 1.82) is 0 Å². The maximum Gasteiger partial charge on any atom is 0.257 e. The molecule has 7 nitrogen and oxygen atoms in total. The summed E-state index contributed by atoms with van der Waals surface area (Å²) in [6, 6.07) is 13.1. The third kappa shape index (κ3) is 4.63. The predicted molar refractivity (Wildman–Crippen MR) is 107 cm³/mol. The third-order valence-electron chi connectivity index (χ3n) is 4.16. The van der Waals surface area contributed by atoms with Crippen LogP contribution in [0.3, 0.4) is 0 Å². The van der Waals surface area contributed by atoms with Gasteiger partial charge in [-0.2, -0.15) is 0 Å². The van der Waals surface area contributed by atoms with E-state index >= 15 is 0 Å². The SMILES string of the molecule is CCN(CC)c1ccc(Nc2cc(C(=O)Nc3cc(C)on3)ccn2)cc1. The molecule has 0 bridgehead atoms. The van der Waals surface area contributed by atoms with Crippen LogP contribution in [0.5, 0.6) is 0 Å². The van der Waals surface area contributed by atoms with Gasteiger partial charge in [-0.1, -0.05) is 5.16 Å². The summed E-state index contributed by atoms with van der Waals surface area (Å²) in [6.45, 7) is 7.97. The molecule has 2 heterocycles. The first-order valence-corrected chi connectivity index (χ1v) is 8.91. The van der Waals surface area contributed by atoms with Gasteiger partial charge in [0, 0.05) is 42.3 Å². The highest BCUT2D eigenvalue weighted by Gasteiger charge is 2.10. The molecule has 140 valence electrons. The second kappa shape index (κ2) is 8.35. The molecule has 0 saturated heterocycles. The van der Waals surface area contributed by atoms with Gasteiger partial charge in [-0.3, -0.25) is 4.79 Å². The lowest BCUT2D eigenvalue weighted by Crippen LogP contribution is -2.21. The van der Waals surface area contributed by atoms with Crippen molar-refractivity contribution in [1.82, 2.24) is 10.1 Å². The minimum atomic E-state index is -0.273. The van der Waals surface area contributed by atoms with Crippen LogP contribution >= 0.6 is 0 Å². The number of pyridine rings is 1. The molecular weight excluding hydrogens is 342 g/mol. The number of anilines is 4. The topological polar surface area (TPSA) is 83.3 Å². The molecule has 0 aliphatic rings. The zero-order valence-corrected chi connectivity index (χ0v) is 15.7. The molecule has 0 aliphatic carbocycles. The summed E-state index contributed by atoms with van der Waals surface area (Å²) in [5, 5.41) is 9.69. The Morgan fingerprint density at radius 1 is 1.07 bits per heavy atom. The summed E-state index contributed by atoms with van der Waals surface area (Å²) in [4.78, 5) is 18.9. The van der Waals surface area contributed by atoms with Crippen molar-refractivity contribution < 1.29 is 9.32 Å². The molecule has 1 aromatic carbocycles. The Bertz CT molecular complexity index is 901. The Morgan fingerprint density at radius 3 is 2.44 bits per heavy atom. The maximum absolute atomic E-state index is 12.4. The highest BCUT2D eigenvalue weighted by atomic mass is 16.5. The summed E-state index contributed by atoms with van der Waals surface area (Å²) in [6.07, 6.45) is 1.59. The van der Waals surface area contributed by atoms with Crippen LogP contribution in [0.2, 0.25) is 0 Å². The van der Waals surface area contributed by atoms with Gasteiger partial charge in [0.2, 0.25) is 0 Å². The Morgan fingerprint density at radius 2 is 1.81 bits per heavy atom. The molecule has 3 rings (SSSR count). The molecule has 7 heteroatoms. The van der Waals surface area contributed by atoms with E-state index in [1.54, 1.807) is 31.3 Å². The van der Waals surface area contributed by atoms with E-state index in [4.69, 9.17) is 4.52 Å². The molecule has 0 saturated carbocycles. The van der Waals surface area contributed by atoms with E-state index in [0.717, 1.165) is 18.8 Å². The summed E-state index contributed by atoms with van der Waals surface area (Å²) in [7, 11) is 0. The van der Waals surface area contributed by atoms with Crippen LogP contribution in [0.15, 0.2) is 53.2 Å². The van der Waals surface area contributed by atoms with Gasteiger partial charge in [0.05, 0.1) is 0 Å². The lowest BCUT2D eigenvalue weighted by Gasteiger charge is -2.21. The van der Waals surface area contributed by atoms with Gasteiger partial charge >= 0.3 is 0 Å². The average molecular weight is 365 g/mol. The van der Waals surface area contributed by atoms with E-state index in [0.29, 0.717) is 23.0 Å². The molecule has 2 aromatic heterocycles. The monoisotopic (exact) mass is 365 g/mol. The largest absolute Gasteiger partial charge is 0.372 e. The van der Waals surface area contributed by atoms with Gasteiger partial charge in [-0.15, -0.1) is 0 Å². The van der Waals surface area contributed by atoms with E-state index in [2.05, 4.69) is 51.7 Å². The molecule has 0 spiro atoms. The van der Waals surface area contributed by atoms with Crippen molar-refractivity contribution in [3.63, 3.8) is 0 Å². The molecule has 1 amide bonds. The fourth-order valence-corrected chi connectivity index (χ4v) is 2.75. The van der Waals surface area contributed by atoms with Crippen LogP contribution in [0.4, 0.5) is 23.0 Å². The molecule has 0 radical (unpaired) electrons. The normalized spacial score (nSPS) is 10.5. The lowest BCUT2D eigenvalue weighted by atomic mass is 10.2. The second-order valence-corrected chi connectivity index (χ2v) is 6.05. The quantitative estimate of drug-likeness (QED) is 0.652. The van der Waals surface area contributed by atoms with Crippen LogP contribution < -0.4 is 15.5 Å². The molecule has 0 aliphatic heterocycles. The van der Waals surface area contributed by atoms with Crippen molar-refractivity contribution in [3.8, 4) is 0 Å². The molecule has 27 heavy (non-hydrogen) atoms. The first kappa shape index (κ1) is 18.4. The van der Waals surface area contributed by atoms with Gasteiger partial charge in [-0.25, -0.2) is 4.98 Å². The van der Waals surface area contributed by atoms with Gasteiger partial charge < -0.3 is 20.1 Å².